The fourth-order valence-corrected chi connectivity index (χ4v) is 3.74. The summed E-state index contributed by atoms with van der Waals surface area (Å²) in [5.74, 6) is -0.922. The van der Waals surface area contributed by atoms with Crippen LogP contribution in [0.4, 0.5) is 9.52 Å². The van der Waals surface area contributed by atoms with Crippen LogP contribution in [0.15, 0.2) is 34.8 Å². The molecule has 0 atom stereocenters. The van der Waals surface area contributed by atoms with Crippen molar-refractivity contribution in [1.82, 2.24) is 20.0 Å². The molecule has 0 aliphatic carbocycles. The maximum absolute atomic E-state index is 13.1. The lowest BCUT2D eigenvalue weighted by atomic mass is 10.3. The lowest BCUT2D eigenvalue weighted by Crippen LogP contribution is -2.14. The van der Waals surface area contributed by atoms with Gasteiger partial charge in [-0.3, -0.25) is 14.9 Å². The number of anilines is 1. The molecule has 0 saturated heterocycles. The van der Waals surface area contributed by atoms with Crippen molar-refractivity contribution in [2.75, 3.05) is 24.8 Å². The Balaban J connectivity index is 1.75. The summed E-state index contributed by atoms with van der Waals surface area (Å²) < 4.78 is 25.1. The minimum atomic E-state index is -0.532. The molecule has 1 N–H and O–H groups in total. The van der Waals surface area contributed by atoms with Gasteiger partial charge in [0.25, 0.3) is 5.91 Å². The van der Waals surface area contributed by atoms with Crippen molar-refractivity contribution in [2.24, 2.45) is 0 Å². The molecule has 1 amide bonds. The van der Waals surface area contributed by atoms with Gasteiger partial charge in [0.05, 0.1) is 31.4 Å². The summed E-state index contributed by atoms with van der Waals surface area (Å²) in [6.07, 6.45) is 1.55. The molecule has 0 aliphatic rings. The smallest absolute Gasteiger partial charge is 0.316 e. The third kappa shape index (κ3) is 5.29. The van der Waals surface area contributed by atoms with Crippen LogP contribution in [-0.4, -0.2) is 51.3 Å². The highest BCUT2D eigenvalue weighted by Gasteiger charge is 2.20. The fraction of sp³-hybridized carbons (Fsp3) is 0.235. The summed E-state index contributed by atoms with van der Waals surface area (Å²) in [7, 11) is 1.30. The summed E-state index contributed by atoms with van der Waals surface area (Å²) >= 11 is 2.27. The number of methoxy groups -OCH3 is 1. The lowest BCUT2D eigenvalue weighted by molar-refractivity contribution is -0.137. The number of esters is 1. The van der Waals surface area contributed by atoms with E-state index in [1.807, 2.05) is 0 Å². The molecule has 2 aromatic heterocycles. The third-order valence-electron chi connectivity index (χ3n) is 3.45. The molecule has 0 unspecified atom stereocenters. The monoisotopic (exact) mass is 437 g/mol. The van der Waals surface area contributed by atoms with Crippen LogP contribution in [-0.2, 0) is 9.53 Å². The number of hydrogen-bond acceptors (Lipinski definition) is 9. The highest BCUT2D eigenvalue weighted by atomic mass is 32.2. The molecular weight excluding hydrogens is 421 g/mol. The van der Waals surface area contributed by atoms with Crippen LogP contribution in [0.25, 0.3) is 5.69 Å². The number of amides is 1. The van der Waals surface area contributed by atoms with Crippen LogP contribution in [0.5, 0.6) is 5.75 Å². The molecule has 29 heavy (non-hydrogen) atoms. The van der Waals surface area contributed by atoms with Crippen LogP contribution in [0.1, 0.15) is 17.4 Å². The average Bonchev–Trinajstić information content (AvgIpc) is 3.34. The Bertz CT molecular complexity index is 1010. The van der Waals surface area contributed by atoms with Gasteiger partial charge in [0.1, 0.15) is 5.82 Å². The molecule has 3 aromatic rings. The molecule has 0 spiro atoms. The van der Waals surface area contributed by atoms with E-state index in [-0.39, 0.29) is 34.1 Å². The molecule has 0 aliphatic heterocycles. The maximum Gasteiger partial charge on any atom is 0.316 e. The van der Waals surface area contributed by atoms with E-state index in [1.54, 1.807) is 13.1 Å². The zero-order chi connectivity index (χ0) is 20.8. The first kappa shape index (κ1) is 20.7. The Morgan fingerprint density at radius 2 is 2.03 bits per heavy atom. The van der Waals surface area contributed by atoms with E-state index in [9.17, 15) is 14.0 Å². The fourth-order valence-electron chi connectivity index (χ4n) is 2.16. The maximum atomic E-state index is 13.1. The van der Waals surface area contributed by atoms with Gasteiger partial charge in [0.2, 0.25) is 5.13 Å². The van der Waals surface area contributed by atoms with Crippen LogP contribution in [0, 0.1) is 5.82 Å². The second-order valence-electron chi connectivity index (χ2n) is 5.39. The first-order valence-electron chi connectivity index (χ1n) is 8.33. The molecule has 0 radical (unpaired) electrons. The summed E-state index contributed by atoms with van der Waals surface area (Å²) in [4.78, 5) is 23.9. The van der Waals surface area contributed by atoms with E-state index in [1.165, 1.54) is 36.1 Å². The molecule has 12 heteroatoms. The van der Waals surface area contributed by atoms with Crippen LogP contribution in [0.2, 0.25) is 0 Å². The highest BCUT2D eigenvalue weighted by Crippen LogP contribution is 2.27. The Morgan fingerprint density at radius 1 is 1.28 bits per heavy atom. The summed E-state index contributed by atoms with van der Waals surface area (Å²) in [6.45, 7) is 2.12. The molecule has 0 saturated carbocycles. The molecular formula is C17H16FN5O4S2. The first-order chi connectivity index (χ1) is 14.0. The third-order valence-corrected chi connectivity index (χ3v) is 5.40. The van der Waals surface area contributed by atoms with E-state index in [0.29, 0.717) is 16.6 Å². The molecule has 2 heterocycles. The van der Waals surface area contributed by atoms with Gasteiger partial charge in [-0.25, -0.2) is 9.07 Å². The van der Waals surface area contributed by atoms with Crippen LogP contribution < -0.4 is 10.1 Å². The summed E-state index contributed by atoms with van der Waals surface area (Å²) in [6, 6.07) is 5.67. The number of ether oxygens (including phenoxy) is 2. The van der Waals surface area contributed by atoms with Crippen molar-refractivity contribution in [1.29, 1.82) is 0 Å². The van der Waals surface area contributed by atoms with Crippen molar-refractivity contribution in [3.8, 4) is 11.4 Å². The summed E-state index contributed by atoms with van der Waals surface area (Å²) in [5, 5.41) is 14.9. The summed E-state index contributed by atoms with van der Waals surface area (Å²) in [5.41, 5.74) is 0.624. The van der Waals surface area contributed by atoms with Gasteiger partial charge in [-0.05, 0) is 31.2 Å². The largest absolute Gasteiger partial charge is 0.490 e. The predicted octanol–water partition coefficient (Wildman–Crippen LogP) is 2.78. The quantitative estimate of drug-likeness (QED) is 0.326. The van der Waals surface area contributed by atoms with Gasteiger partial charge >= 0.3 is 5.97 Å². The standard InChI is InChI=1S/C17H16FN5O4S2/c1-3-27-12-8-23(11-6-4-10(18)5-7-11)22-14(12)15(25)19-16-20-21-17(29-16)28-9-13(24)26-2/h4-8H,3,9H2,1-2H3,(H,19,20,25). The number of carbonyl (C=O) groups excluding carboxylic acids is 2. The van der Waals surface area contributed by atoms with E-state index in [0.717, 1.165) is 23.1 Å². The predicted molar refractivity (Wildman–Crippen MR) is 105 cm³/mol. The van der Waals surface area contributed by atoms with Crippen molar-refractivity contribution in [2.45, 2.75) is 11.3 Å². The van der Waals surface area contributed by atoms with Crippen molar-refractivity contribution < 1.29 is 23.5 Å². The number of hydrogen-bond donors (Lipinski definition) is 1. The van der Waals surface area contributed by atoms with Gasteiger partial charge in [-0.15, -0.1) is 10.2 Å². The zero-order valence-corrected chi connectivity index (χ0v) is 17.1. The van der Waals surface area contributed by atoms with Crippen molar-refractivity contribution in [3.05, 3.63) is 42.0 Å². The van der Waals surface area contributed by atoms with E-state index < -0.39 is 5.91 Å². The number of rotatable bonds is 8. The van der Waals surface area contributed by atoms with E-state index in [4.69, 9.17) is 4.74 Å². The zero-order valence-electron chi connectivity index (χ0n) is 15.4. The number of halogens is 1. The molecule has 0 bridgehead atoms. The second kappa shape index (κ2) is 9.47. The number of thioether (sulfide) groups is 1. The minimum Gasteiger partial charge on any atom is -0.490 e. The SMILES string of the molecule is CCOc1cn(-c2ccc(F)cc2)nc1C(=O)Nc1nnc(SCC(=O)OC)s1. The highest BCUT2D eigenvalue weighted by molar-refractivity contribution is 8.01. The van der Waals surface area contributed by atoms with Gasteiger partial charge in [0, 0.05) is 0 Å². The molecule has 1 aromatic carbocycles. The number of benzene rings is 1. The van der Waals surface area contributed by atoms with Gasteiger partial charge in [0.15, 0.2) is 15.8 Å². The Kier molecular flexibility index (Phi) is 6.77. The van der Waals surface area contributed by atoms with Crippen LogP contribution >= 0.6 is 23.1 Å². The molecule has 0 fully saturated rings. The Hall–Kier alpha value is -2.99. The average molecular weight is 437 g/mol. The Morgan fingerprint density at radius 3 is 2.72 bits per heavy atom. The number of carbonyl (C=O) groups is 2. The molecule has 9 nitrogen and oxygen atoms in total. The second-order valence-corrected chi connectivity index (χ2v) is 7.59. The topological polar surface area (TPSA) is 108 Å². The lowest BCUT2D eigenvalue weighted by Gasteiger charge is -2.02. The van der Waals surface area contributed by atoms with Gasteiger partial charge in [-0.2, -0.15) is 5.10 Å². The molecule has 3 rings (SSSR count). The van der Waals surface area contributed by atoms with Gasteiger partial charge in [-0.1, -0.05) is 23.1 Å². The minimum absolute atomic E-state index is 0.0511. The van der Waals surface area contributed by atoms with E-state index >= 15 is 0 Å². The van der Waals surface area contributed by atoms with Crippen LogP contribution in [0.3, 0.4) is 0 Å². The Labute approximate surface area is 173 Å². The van der Waals surface area contributed by atoms with Crippen molar-refractivity contribution >= 4 is 40.1 Å². The van der Waals surface area contributed by atoms with Gasteiger partial charge < -0.3 is 9.47 Å². The first-order valence-corrected chi connectivity index (χ1v) is 10.1. The van der Waals surface area contributed by atoms with Crippen molar-refractivity contribution in [3.63, 3.8) is 0 Å². The molecule has 152 valence electrons. The normalized spacial score (nSPS) is 10.6. The number of nitrogens with one attached hydrogen (secondary N) is 1. The number of nitrogens with zero attached hydrogens (tertiary/aromatic N) is 4. The van der Waals surface area contributed by atoms with E-state index in [2.05, 4.69) is 25.3 Å². The number of aromatic nitrogens is 4.